The van der Waals surface area contributed by atoms with E-state index in [9.17, 15) is 25.2 Å². The zero-order chi connectivity index (χ0) is 17.6. The molecule has 1 unspecified atom stereocenters. The number of carbonyl (C=O) groups excluding carboxylic acids is 1. The quantitative estimate of drug-likeness (QED) is 0.103. The van der Waals surface area contributed by atoms with Crippen molar-refractivity contribution in [3.8, 4) is 0 Å². The van der Waals surface area contributed by atoms with Crippen molar-refractivity contribution in [3.05, 3.63) is 0 Å². The topological polar surface area (TPSA) is 207 Å². The first-order valence-corrected chi connectivity index (χ1v) is 7.09. The van der Waals surface area contributed by atoms with E-state index in [2.05, 4.69) is 4.99 Å². The van der Waals surface area contributed by atoms with Gasteiger partial charge in [-0.05, 0) is 12.8 Å². The molecular formula is C12H24N4O7. The van der Waals surface area contributed by atoms with E-state index in [4.69, 9.17) is 26.7 Å². The average molecular weight is 336 g/mol. The van der Waals surface area contributed by atoms with E-state index in [0.717, 1.165) is 0 Å². The fourth-order valence-electron chi connectivity index (χ4n) is 1.98. The van der Waals surface area contributed by atoms with E-state index < -0.39 is 49.3 Å². The number of guanidine groups is 1. The van der Waals surface area contributed by atoms with Gasteiger partial charge in [-0.15, -0.1) is 0 Å². The van der Waals surface area contributed by atoms with Gasteiger partial charge < -0.3 is 47.1 Å². The van der Waals surface area contributed by atoms with Crippen LogP contribution in [0.3, 0.4) is 0 Å². The van der Waals surface area contributed by atoms with Crippen LogP contribution in [0.25, 0.3) is 0 Å². The second-order valence-electron chi connectivity index (χ2n) is 5.22. The van der Waals surface area contributed by atoms with Gasteiger partial charge in [0, 0.05) is 6.54 Å². The average Bonchev–Trinajstić information content (AvgIpc) is 2.50. The van der Waals surface area contributed by atoms with Crippen LogP contribution >= 0.6 is 0 Å². The number of aliphatic hydroxyl groups is 4. The molecule has 0 amide bonds. The van der Waals surface area contributed by atoms with Gasteiger partial charge in [0.05, 0.1) is 0 Å². The van der Waals surface area contributed by atoms with Crippen LogP contribution in [0.5, 0.6) is 0 Å². The van der Waals surface area contributed by atoms with Crippen LogP contribution in [-0.4, -0.2) is 82.3 Å². The number of rotatable bonds is 7. The Kier molecular flexibility index (Phi) is 7.61. The SMILES string of the molecule is NC(N)=NCCC[C@@H](N)C(=O)OC[C@H]1OC(O)[C@H](O)[C@@H](O)[C@H]1O. The largest absolute Gasteiger partial charge is 0.462 e. The van der Waals surface area contributed by atoms with Crippen molar-refractivity contribution < 1.29 is 34.7 Å². The van der Waals surface area contributed by atoms with Gasteiger partial charge >= 0.3 is 5.97 Å². The van der Waals surface area contributed by atoms with Gasteiger partial charge in [-0.1, -0.05) is 0 Å². The fourth-order valence-corrected chi connectivity index (χ4v) is 1.98. The molecule has 0 aromatic heterocycles. The summed E-state index contributed by atoms with van der Waals surface area (Å²) in [5, 5.41) is 37.9. The molecule has 0 aliphatic carbocycles. The molecular weight excluding hydrogens is 312 g/mol. The summed E-state index contributed by atoms with van der Waals surface area (Å²) in [6.07, 6.45) is -6.88. The molecule has 11 heteroatoms. The highest BCUT2D eigenvalue weighted by molar-refractivity contribution is 5.76. The number of nitrogens with two attached hydrogens (primary N) is 3. The number of carbonyl (C=O) groups is 1. The Morgan fingerprint density at radius 1 is 1.17 bits per heavy atom. The van der Waals surface area contributed by atoms with Crippen LogP contribution in [0.1, 0.15) is 12.8 Å². The lowest BCUT2D eigenvalue weighted by Gasteiger charge is -2.37. The number of ether oxygens (including phenoxy) is 2. The van der Waals surface area contributed by atoms with Gasteiger partial charge in [0.1, 0.15) is 37.1 Å². The summed E-state index contributed by atoms with van der Waals surface area (Å²) in [5.74, 6) is -0.788. The van der Waals surface area contributed by atoms with E-state index in [-0.39, 0.29) is 12.4 Å². The van der Waals surface area contributed by atoms with Crippen LogP contribution in [0.2, 0.25) is 0 Å². The minimum Gasteiger partial charge on any atom is -0.462 e. The standard InChI is InChI=1S/C12H24N4O7/c13-5(2-1-3-16-12(14)15)10(20)22-4-6-7(17)8(18)9(19)11(21)23-6/h5-9,11,17-19,21H,1-4,13H2,(H4,14,15,16)/t5-,6-,7+,8+,9-,11?/m1/s1. The summed E-state index contributed by atoms with van der Waals surface area (Å²) in [6.45, 7) is -0.105. The Balaban J connectivity index is 2.36. The number of hydrogen-bond donors (Lipinski definition) is 7. The van der Waals surface area contributed by atoms with Crippen molar-refractivity contribution in [1.82, 2.24) is 0 Å². The van der Waals surface area contributed by atoms with Crippen molar-refractivity contribution >= 4 is 11.9 Å². The number of aliphatic imine (C=N–C) groups is 1. The third-order valence-electron chi connectivity index (χ3n) is 3.35. The first kappa shape index (κ1) is 19.5. The number of hydrogen-bond acceptors (Lipinski definition) is 9. The highest BCUT2D eigenvalue weighted by Crippen LogP contribution is 2.20. The van der Waals surface area contributed by atoms with Crippen molar-refractivity contribution in [3.63, 3.8) is 0 Å². The van der Waals surface area contributed by atoms with Crippen LogP contribution < -0.4 is 17.2 Å². The maximum atomic E-state index is 11.7. The van der Waals surface area contributed by atoms with Gasteiger partial charge in [0.15, 0.2) is 12.2 Å². The summed E-state index contributed by atoms with van der Waals surface area (Å²) in [4.78, 5) is 15.4. The minimum atomic E-state index is -1.69. The molecule has 10 N–H and O–H groups in total. The molecule has 1 rings (SSSR count). The highest BCUT2D eigenvalue weighted by atomic mass is 16.6. The van der Waals surface area contributed by atoms with Gasteiger partial charge in [0.2, 0.25) is 0 Å². The predicted molar refractivity (Wildman–Crippen MR) is 77.7 cm³/mol. The van der Waals surface area contributed by atoms with E-state index in [1.807, 2.05) is 0 Å². The van der Waals surface area contributed by atoms with Gasteiger partial charge in [-0.2, -0.15) is 0 Å². The molecule has 0 spiro atoms. The molecule has 1 fully saturated rings. The highest BCUT2D eigenvalue weighted by Gasteiger charge is 2.43. The zero-order valence-electron chi connectivity index (χ0n) is 12.5. The third-order valence-corrected chi connectivity index (χ3v) is 3.35. The molecule has 0 radical (unpaired) electrons. The molecule has 6 atom stereocenters. The second kappa shape index (κ2) is 8.96. The zero-order valence-corrected chi connectivity index (χ0v) is 12.5. The Labute approximate surface area is 132 Å². The lowest BCUT2D eigenvalue weighted by Crippen LogP contribution is -2.58. The summed E-state index contributed by atoms with van der Waals surface area (Å²) >= 11 is 0. The molecule has 1 saturated heterocycles. The van der Waals surface area contributed by atoms with Crippen LogP contribution in [0.15, 0.2) is 4.99 Å². The molecule has 1 aliphatic heterocycles. The minimum absolute atomic E-state index is 0.0520. The van der Waals surface area contributed by atoms with E-state index >= 15 is 0 Å². The van der Waals surface area contributed by atoms with Crippen LogP contribution in [0.4, 0.5) is 0 Å². The monoisotopic (exact) mass is 336 g/mol. The third kappa shape index (κ3) is 5.89. The Morgan fingerprint density at radius 2 is 1.83 bits per heavy atom. The lowest BCUT2D eigenvalue weighted by atomic mass is 9.99. The molecule has 1 aliphatic rings. The van der Waals surface area contributed by atoms with Crippen LogP contribution in [0, 0.1) is 0 Å². The van der Waals surface area contributed by atoms with E-state index in [1.54, 1.807) is 0 Å². The molecule has 0 bridgehead atoms. The van der Waals surface area contributed by atoms with Crippen molar-refractivity contribution in [2.45, 2.75) is 49.6 Å². The Morgan fingerprint density at radius 3 is 2.43 bits per heavy atom. The van der Waals surface area contributed by atoms with E-state index in [0.29, 0.717) is 13.0 Å². The molecule has 23 heavy (non-hydrogen) atoms. The predicted octanol–water partition coefficient (Wildman–Crippen LogP) is -4.29. The number of esters is 1. The van der Waals surface area contributed by atoms with Crippen molar-refractivity contribution in [1.29, 1.82) is 0 Å². The lowest BCUT2D eigenvalue weighted by molar-refractivity contribution is -0.287. The Bertz CT molecular complexity index is 418. The van der Waals surface area contributed by atoms with Gasteiger partial charge in [0.25, 0.3) is 0 Å². The fraction of sp³-hybridized carbons (Fsp3) is 0.833. The van der Waals surface area contributed by atoms with Crippen LogP contribution in [-0.2, 0) is 14.3 Å². The van der Waals surface area contributed by atoms with Crippen molar-refractivity contribution in [2.75, 3.05) is 13.2 Å². The summed E-state index contributed by atoms with van der Waals surface area (Å²) in [6, 6.07) is -0.912. The second-order valence-corrected chi connectivity index (χ2v) is 5.22. The van der Waals surface area contributed by atoms with E-state index in [1.165, 1.54) is 0 Å². The maximum absolute atomic E-state index is 11.7. The first-order valence-electron chi connectivity index (χ1n) is 7.09. The van der Waals surface area contributed by atoms with Gasteiger partial charge in [-0.25, -0.2) is 0 Å². The summed E-state index contributed by atoms with van der Waals surface area (Å²) in [5.41, 5.74) is 15.9. The van der Waals surface area contributed by atoms with Gasteiger partial charge in [-0.3, -0.25) is 9.79 Å². The molecule has 0 aromatic rings. The Hall–Kier alpha value is -1.50. The summed E-state index contributed by atoms with van der Waals surface area (Å²) < 4.78 is 9.75. The first-order chi connectivity index (χ1) is 10.7. The smallest absolute Gasteiger partial charge is 0.323 e. The molecule has 134 valence electrons. The molecule has 0 aromatic carbocycles. The van der Waals surface area contributed by atoms with Crippen molar-refractivity contribution in [2.24, 2.45) is 22.2 Å². The number of aliphatic hydroxyl groups excluding tert-OH is 4. The normalized spacial score (nSPS) is 32.1. The summed E-state index contributed by atoms with van der Waals surface area (Å²) in [7, 11) is 0. The molecule has 11 nitrogen and oxygen atoms in total. The maximum Gasteiger partial charge on any atom is 0.323 e. The molecule has 0 saturated carbocycles. The number of nitrogens with zero attached hydrogens (tertiary/aromatic N) is 1. The molecule has 1 heterocycles.